The van der Waals surface area contributed by atoms with Gasteiger partial charge in [0.25, 0.3) is 5.91 Å². The van der Waals surface area contributed by atoms with Crippen LogP contribution in [0.3, 0.4) is 0 Å². The number of rotatable bonds is 6. The van der Waals surface area contributed by atoms with E-state index in [-0.39, 0.29) is 5.91 Å². The lowest BCUT2D eigenvalue weighted by Gasteiger charge is -2.20. The van der Waals surface area contributed by atoms with Crippen LogP contribution >= 0.6 is 0 Å². The van der Waals surface area contributed by atoms with E-state index in [1.807, 2.05) is 24.3 Å². The number of carbonyl (C=O) groups is 1. The monoisotopic (exact) mass is 303 g/mol. The third-order valence-corrected chi connectivity index (χ3v) is 4.46. The molecule has 0 atom stereocenters. The van der Waals surface area contributed by atoms with Crippen LogP contribution < -0.4 is 10.2 Å². The van der Waals surface area contributed by atoms with Crippen LogP contribution in [-0.2, 0) is 0 Å². The number of nitrogens with one attached hydrogen (secondary N) is 1. The smallest absolute Gasteiger partial charge is 0.251 e. The van der Waals surface area contributed by atoms with Crippen LogP contribution in [0.1, 0.15) is 43.0 Å². The van der Waals surface area contributed by atoms with Gasteiger partial charge in [0.2, 0.25) is 0 Å². The molecule has 0 aromatic heterocycles. The number of likely N-dealkylation sites (tertiary alicyclic amines) is 1. The molecule has 0 radical (unpaired) electrons. The van der Waals surface area contributed by atoms with Crippen molar-refractivity contribution in [2.24, 2.45) is 0 Å². The van der Waals surface area contributed by atoms with E-state index < -0.39 is 0 Å². The highest BCUT2D eigenvalue weighted by Gasteiger charge is 2.10. The zero-order valence-electron chi connectivity index (χ0n) is 14.0. The van der Waals surface area contributed by atoms with Crippen LogP contribution in [0.2, 0.25) is 0 Å². The minimum Gasteiger partial charge on any atom is -0.375 e. The first-order chi connectivity index (χ1) is 10.7. The molecule has 0 bridgehead atoms. The van der Waals surface area contributed by atoms with Crippen molar-refractivity contribution in [3.8, 4) is 0 Å². The first-order valence-electron chi connectivity index (χ1n) is 8.52. The fourth-order valence-corrected chi connectivity index (χ4v) is 2.84. The van der Waals surface area contributed by atoms with Crippen molar-refractivity contribution >= 4 is 11.6 Å². The molecule has 0 unspecified atom stereocenters. The Balaban J connectivity index is 1.76. The van der Waals surface area contributed by atoms with Crippen molar-refractivity contribution in [3.63, 3.8) is 0 Å². The summed E-state index contributed by atoms with van der Waals surface area (Å²) in [5, 5.41) is 3.04. The Morgan fingerprint density at radius 3 is 2.36 bits per heavy atom. The summed E-state index contributed by atoms with van der Waals surface area (Å²) in [5.74, 6) is 0.0283. The Bertz CT molecular complexity index is 450. The standard InChI is InChI=1S/C18H29N3O/c1-3-20(2)17-10-8-16(9-11-17)18(22)19-12-15-21-13-6-4-5-7-14-21/h8-11H,3-7,12-15H2,1-2H3,(H,19,22). The first kappa shape index (κ1) is 16.8. The second kappa shape index (κ2) is 8.79. The second-order valence-corrected chi connectivity index (χ2v) is 6.07. The summed E-state index contributed by atoms with van der Waals surface area (Å²) in [7, 11) is 2.05. The van der Waals surface area contributed by atoms with Crippen LogP contribution in [-0.4, -0.2) is 50.6 Å². The zero-order valence-corrected chi connectivity index (χ0v) is 14.0. The molecule has 122 valence electrons. The van der Waals surface area contributed by atoms with E-state index in [1.54, 1.807) is 0 Å². The van der Waals surface area contributed by atoms with Gasteiger partial charge in [-0.25, -0.2) is 0 Å². The summed E-state index contributed by atoms with van der Waals surface area (Å²) in [6, 6.07) is 7.83. The lowest BCUT2D eigenvalue weighted by atomic mass is 10.2. The van der Waals surface area contributed by atoms with Crippen molar-refractivity contribution in [1.29, 1.82) is 0 Å². The molecule has 1 aliphatic rings. The Morgan fingerprint density at radius 2 is 1.77 bits per heavy atom. The summed E-state index contributed by atoms with van der Waals surface area (Å²) >= 11 is 0. The lowest BCUT2D eigenvalue weighted by molar-refractivity contribution is 0.0948. The average Bonchev–Trinajstić information content (AvgIpc) is 2.83. The van der Waals surface area contributed by atoms with Crippen LogP contribution in [0.5, 0.6) is 0 Å². The molecule has 1 heterocycles. The van der Waals surface area contributed by atoms with Gasteiger partial charge in [-0.3, -0.25) is 4.79 Å². The van der Waals surface area contributed by atoms with E-state index in [9.17, 15) is 4.79 Å². The molecule has 1 aromatic carbocycles. The molecule has 0 spiro atoms. The molecule has 1 amide bonds. The summed E-state index contributed by atoms with van der Waals surface area (Å²) in [4.78, 5) is 16.8. The molecule has 1 fully saturated rings. The number of amides is 1. The van der Waals surface area contributed by atoms with Crippen LogP contribution in [0, 0.1) is 0 Å². The number of anilines is 1. The second-order valence-electron chi connectivity index (χ2n) is 6.07. The maximum Gasteiger partial charge on any atom is 0.251 e. The molecule has 4 nitrogen and oxygen atoms in total. The van der Waals surface area contributed by atoms with Gasteiger partial charge in [0, 0.05) is 37.9 Å². The van der Waals surface area contributed by atoms with Crippen LogP contribution in [0.15, 0.2) is 24.3 Å². The van der Waals surface area contributed by atoms with Crippen LogP contribution in [0.4, 0.5) is 5.69 Å². The topological polar surface area (TPSA) is 35.6 Å². The van der Waals surface area contributed by atoms with Gasteiger partial charge in [0.15, 0.2) is 0 Å². The molecule has 0 aliphatic carbocycles. The van der Waals surface area contributed by atoms with Gasteiger partial charge in [0.1, 0.15) is 0 Å². The Kier molecular flexibility index (Phi) is 6.72. The number of hydrogen-bond acceptors (Lipinski definition) is 3. The van der Waals surface area contributed by atoms with E-state index in [4.69, 9.17) is 0 Å². The molecule has 1 N–H and O–H groups in total. The zero-order chi connectivity index (χ0) is 15.8. The molecule has 2 rings (SSSR count). The van der Waals surface area contributed by atoms with Crippen molar-refractivity contribution in [1.82, 2.24) is 10.2 Å². The summed E-state index contributed by atoms with van der Waals surface area (Å²) in [6.45, 7) is 7.12. The predicted octanol–water partition coefficient (Wildman–Crippen LogP) is 2.75. The minimum absolute atomic E-state index is 0.0283. The van der Waals surface area contributed by atoms with Crippen LogP contribution in [0.25, 0.3) is 0 Å². The molecule has 4 heteroatoms. The fourth-order valence-electron chi connectivity index (χ4n) is 2.84. The first-order valence-corrected chi connectivity index (χ1v) is 8.52. The molecular weight excluding hydrogens is 274 g/mol. The number of hydrogen-bond donors (Lipinski definition) is 1. The molecule has 22 heavy (non-hydrogen) atoms. The van der Waals surface area contributed by atoms with E-state index >= 15 is 0 Å². The van der Waals surface area contributed by atoms with Crippen molar-refractivity contribution < 1.29 is 4.79 Å². The maximum absolute atomic E-state index is 12.2. The van der Waals surface area contributed by atoms with E-state index in [0.29, 0.717) is 0 Å². The average molecular weight is 303 g/mol. The number of benzene rings is 1. The van der Waals surface area contributed by atoms with E-state index in [0.717, 1.165) is 30.9 Å². The predicted molar refractivity (Wildman–Crippen MR) is 92.6 cm³/mol. The summed E-state index contributed by atoms with van der Waals surface area (Å²) in [6.07, 6.45) is 5.28. The quantitative estimate of drug-likeness (QED) is 0.878. The third-order valence-electron chi connectivity index (χ3n) is 4.46. The van der Waals surface area contributed by atoms with Crippen molar-refractivity contribution in [2.75, 3.05) is 44.7 Å². The highest BCUT2D eigenvalue weighted by atomic mass is 16.1. The normalized spacial score (nSPS) is 16.1. The van der Waals surface area contributed by atoms with Crippen molar-refractivity contribution in [3.05, 3.63) is 29.8 Å². The lowest BCUT2D eigenvalue weighted by Crippen LogP contribution is -2.35. The van der Waals surface area contributed by atoms with Gasteiger partial charge in [-0.05, 0) is 57.1 Å². The van der Waals surface area contributed by atoms with Gasteiger partial charge >= 0.3 is 0 Å². The van der Waals surface area contributed by atoms with Crippen molar-refractivity contribution in [2.45, 2.75) is 32.6 Å². The van der Waals surface area contributed by atoms with E-state index in [1.165, 1.54) is 38.8 Å². The fraction of sp³-hybridized carbons (Fsp3) is 0.611. The Morgan fingerprint density at radius 1 is 1.14 bits per heavy atom. The highest BCUT2D eigenvalue weighted by molar-refractivity contribution is 5.94. The third kappa shape index (κ3) is 5.02. The summed E-state index contributed by atoms with van der Waals surface area (Å²) < 4.78 is 0. The van der Waals surface area contributed by atoms with E-state index in [2.05, 4.69) is 29.1 Å². The molecule has 1 saturated heterocycles. The molecule has 1 aliphatic heterocycles. The number of nitrogens with zero attached hydrogens (tertiary/aromatic N) is 2. The molecule has 0 saturated carbocycles. The summed E-state index contributed by atoms with van der Waals surface area (Å²) in [5.41, 5.74) is 1.88. The Hall–Kier alpha value is -1.55. The minimum atomic E-state index is 0.0283. The van der Waals surface area contributed by atoms with Gasteiger partial charge in [0.05, 0.1) is 0 Å². The maximum atomic E-state index is 12.2. The van der Waals surface area contributed by atoms with Gasteiger partial charge in [-0.1, -0.05) is 12.8 Å². The van der Waals surface area contributed by atoms with Gasteiger partial charge < -0.3 is 15.1 Å². The molecule has 1 aromatic rings. The van der Waals surface area contributed by atoms with Gasteiger partial charge in [-0.2, -0.15) is 0 Å². The van der Waals surface area contributed by atoms with Gasteiger partial charge in [-0.15, -0.1) is 0 Å². The molecular formula is C18H29N3O. The number of carbonyl (C=O) groups excluding carboxylic acids is 1. The highest BCUT2D eigenvalue weighted by Crippen LogP contribution is 2.13. The Labute approximate surface area is 134 Å². The SMILES string of the molecule is CCN(C)c1ccc(C(=O)NCCN2CCCCCC2)cc1. The largest absolute Gasteiger partial charge is 0.375 e.